The number of nitrogens with one attached hydrogen (secondary N) is 1. The lowest BCUT2D eigenvalue weighted by Gasteiger charge is -1.97. The predicted molar refractivity (Wildman–Crippen MR) is 56.0 cm³/mol. The Labute approximate surface area is 84.9 Å². The standard InChI is InChI=1S/C10H8N4O/c11-10-7(4-13-14-10)6-1-2-8-9(3-6)15-5-12-8/h1-5H,(H3,11,13,14). The number of anilines is 1. The highest BCUT2D eigenvalue weighted by Crippen LogP contribution is 2.26. The average Bonchev–Trinajstić information content (AvgIpc) is 2.84. The van der Waals surface area contributed by atoms with Gasteiger partial charge in [-0.1, -0.05) is 6.07 Å². The lowest BCUT2D eigenvalue weighted by atomic mass is 10.1. The van der Waals surface area contributed by atoms with Gasteiger partial charge in [-0.05, 0) is 17.7 Å². The minimum absolute atomic E-state index is 0.550. The first kappa shape index (κ1) is 8.05. The van der Waals surface area contributed by atoms with Crippen LogP contribution in [0, 0.1) is 0 Å². The van der Waals surface area contributed by atoms with Crippen LogP contribution in [0.15, 0.2) is 35.2 Å². The molecule has 0 aliphatic heterocycles. The van der Waals surface area contributed by atoms with Crippen LogP contribution in [0.2, 0.25) is 0 Å². The van der Waals surface area contributed by atoms with Gasteiger partial charge in [-0.25, -0.2) is 4.98 Å². The molecule has 15 heavy (non-hydrogen) atoms. The van der Waals surface area contributed by atoms with Crippen LogP contribution in [0.4, 0.5) is 5.82 Å². The van der Waals surface area contributed by atoms with E-state index in [9.17, 15) is 0 Å². The average molecular weight is 200 g/mol. The number of hydrogen-bond donors (Lipinski definition) is 2. The quantitative estimate of drug-likeness (QED) is 0.627. The predicted octanol–water partition coefficient (Wildman–Crippen LogP) is 1.80. The van der Waals surface area contributed by atoms with E-state index in [1.165, 1.54) is 6.39 Å². The van der Waals surface area contributed by atoms with E-state index in [-0.39, 0.29) is 0 Å². The smallest absolute Gasteiger partial charge is 0.181 e. The van der Waals surface area contributed by atoms with Gasteiger partial charge in [-0.15, -0.1) is 0 Å². The number of benzene rings is 1. The Hall–Kier alpha value is -2.30. The van der Waals surface area contributed by atoms with Gasteiger partial charge in [-0.2, -0.15) is 5.10 Å². The Kier molecular flexibility index (Phi) is 1.53. The van der Waals surface area contributed by atoms with E-state index in [0.717, 1.165) is 22.2 Å². The molecular weight excluding hydrogens is 192 g/mol. The van der Waals surface area contributed by atoms with Gasteiger partial charge in [0.15, 0.2) is 12.0 Å². The molecule has 5 heteroatoms. The molecule has 74 valence electrons. The van der Waals surface area contributed by atoms with Crippen LogP contribution < -0.4 is 5.73 Å². The molecule has 0 saturated carbocycles. The summed E-state index contributed by atoms with van der Waals surface area (Å²) in [6.07, 6.45) is 3.11. The number of hydrogen-bond acceptors (Lipinski definition) is 4. The molecule has 0 spiro atoms. The van der Waals surface area contributed by atoms with Crippen molar-refractivity contribution in [2.75, 3.05) is 5.73 Å². The fourth-order valence-electron chi connectivity index (χ4n) is 1.55. The largest absolute Gasteiger partial charge is 0.443 e. The fraction of sp³-hybridized carbons (Fsp3) is 0. The first-order valence-corrected chi connectivity index (χ1v) is 4.47. The number of oxazole rings is 1. The zero-order chi connectivity index (χ0) is 10.3. The van der Waals surface area contributed by atoms with Gasteiger partial charge >= 0.3 is 0 Å². The third kappa shape index (κ3) is 1.17. The molecule has 0 bridgehead atoms. The minimum atomic E-state index is 0.550. The van der Waals surface area contributed by atoms with Gasteiger partial charge in [0.25, 0.3) is 0 Å². The molecule has 0 atom stereocenters. The summed E-state index contributed by atoms with van der Waals surface area (Å²) in [5.41, 5.74) is 9.14. The Morgan fingerprint density at radius 3 is 3.07 bits per heavy atom. The molecule has 5 nitrogen and oxygen atoms in total. The lowest BCUT2D eigenvalue weighted by Crippen LogP contribution is -1.87. The van der Waals surface area contributed by atoms with Crippen LogP contribution in [0.5, 0.6) is 0 Å². The van der Waals surface area contributed by atoms with Crippen LogP contribution in [-0.2, 0) is 0 Å². The Bertz CT molecular complexity index is 610. The van der Waals surface area contributed by atoms with Gasteiger partial charge in [0.2, 0.25) is 0 Å². The molecule has 3 N–H and O–H groups in total. The second-order valence-corrected chi connectivity index (χ2v) is 3.23. The Morgan fingerprint density at radius 2 is 2.27 bits per heavy atom. The zero-order valence-electron chi connectivity index (χ0n) is 7.77. The van der Waals surface area contributed by atoms with Crippen molar-refractivity contribution < 1.29 is 4.42 Å². The molecule has 0 unspecified atom stereocenters. The second kappa shape index (κ2) is 2.84. The molecule has 3 rings (SSSR count). The van der Waals surface area contributed by atoms with Crippen molar-refractivity contribution in [3.8, 4) is 11.1 Å². The number of nitrogen functional groups attached to an aromatic ring is 1. The lowest BCUT2D eigenvalue weighted by molar-refractivity contribution is 0.602. The molecule has 0 aliphatic carbocycles. The summed E-state index contributed by atoms with van der Waals surface area (Å²) >= 11 is 0. The van der Waals surface area contributed by atoms with Crippen molar-refractivity contribution in [2.24, 2.45) is 0 Å². The Balaban J connectivity index is 2.23. The van der Waals surface area contributed by atoms with E-state index in [4.69, 9.17) is 10.2 Å². The zero-order valence-corrected chi connectivity index (χ0v) is 7.77. The van der Waals surface area contributed by atoms with Gasteiger partial charge in [0.05, 0.1) is 6.20 Å². The van der Waals surface area contributed by atoms with Crippen LogP contribution in [0.1, 0.15) is 0 Å². The number of rotatable bonds is 1. The van der Waals surface area contributed by atoms with Crippen molar-refractivity contribution in [1.29, 1.82) is 0 Å². The highest BCUT2D eigenvalue weighted by Gasteiger charge is 2.06. The third-order valence-electron chi connectivity index (χ3n) is 2.31. The topological polar surface area (TPSA) is 80.7 Å². The van der Waals surface area contributed by atoms with Crippen molar-refractivity contribution in [3.05, 3.63) is 30.8 Å². The molecule has 0 radical (unpaired) electrons. The molecule has 2 aromatic heterocycles. The number of nitrogens with zero attached hydrogens (tertiary/aromatic N) is 2. The van der Waals surface area contributed by atoms with Crippen molar-refractivity contribution in [2.45, 2.75) is 0 Å². The monoisotopic (exact) mass is 200 g/mol. The number of nitrogens with two attached hydrogens (primary N) is 1. The van der Waals surface area contributed by atoms with E-state index < -0.39 is 0 Å². The van der Waals surface area contributed by atoms with Gasteiger partial charge in [0, 0.05) is 5.56 Å². The third-order valence-corrected chi connectivity index (χ3v) is 2.31. The molecule has 0 saturated heterocycles. The summed E-state index contributed by atoms with van der Waals surface area (Å²) in [7, 11) is 0. The molecule has 0 amide bonds. The molecule has 0 aliphatic rings. The highest BCUT2D eigenvalue weighted by molar-refractivity contribution is 5.82. The molecule has 1 aromatic carbocycles. The van der Waals surface area contributed by atoms with E-state index in [0.29, 0.717) is 5.82 Å². The summed E-state index contributed by atoms with van der Waals surface area (Å²) in [5.74, 6) is 0.550. The highest BCUT2D eigenvalue weighted by atomic mass is 16.3. The van der Waals surface area contributed by atoms with Crippen LogP contribution in [0.3, 0.4) is 0 Å². The fourth-order valence-corrected chi connectivity index (χ4v) is 1.55. The van der Waals surface area contributed by atoms with E-state index in [2.05, 4.69) is 15.2 Å². The van der Waals surface area contributed by atoms with Gasteiger partial charge in [-0.3, -0.25) is 5.10 Å². The van der Waals surface area contributed by atoms with Crippen LogP contribution in [-0.4, -0.2) is 15.2 Å². The van der Waals surface area contributed by atoms with Crippen molar-refractivity contribution >= 4 is 16.9 Å². The number of aromatic nitrogens is 3. The minimum Gasteiger partial charge on any atom is -0.443 e. The number of H-pyrrole nitrogens is 1. The number of fused-ring (bicyclic) bond motifs is 1. The summed E-state index contributed by atoms with van der Waals surface area (Å²) in [6, 6.07) is 5.72. The summed E-state index contributed by atoms with van der Waals surface area (Å²) in [4.78, 5) is 4.04. The maximum absolute atomic E-state index is 5.73. The Morgan fingerprint density at radius 1 is 1.33 bits per heavy atom. The van der Waals surface area contributed by atoms with Crippen molar-refractivity contribution in [1.82, 2.24) is 15.2 Å². The van der Waals surface area contributed by atoms with Crippen LogP contribution >= 0.6 is 0 Å². The van der Waals surface area contributed by atoms with Crippen molar-refractivity contribution in [3.63, 3.8) is 0 Å². The number of aromatic amines is 1. The molecular formula is C10H8N4O. The van der Waals surface area contributed by atoms with Crippen LogP contribution in [0.25, 0.3) is 22.2 Å². The van der Waals surface area contributed by atoms with E-state index in [1.54, 1.807) is 6.20 Å². The molecule has 2 heterocycles. The maximum atomic E-state index is 5.73. The normalized spacial score (nSPS) is 10.9. The summed E-state index contributed by atoms with van der Waals surface area (Å²) < 4.78 is 5.21. The van der Waals surface area contributed by atoms with Gasteiger partial charge < -0.3 is 10.2 Å². The maximum Gasteiger partial charge on any atom is 0.181 e. The molecule has 0 fully saturated rings. The van der Waals surface area contributed by atoms with Gasteiger partial charge in [0.1, 0.15) is 11.3 Å². The van der Waals surface area contributed by atoms with E-state index in [1.807, 2.05) is 18.2 Å². The first-order chi connectivity index (χ1) is 7.34. The summed E-state index contributed by atoms with van der Waals surface area (Å²) in [6.45, 7) is 0. The molecule has 3 aromatic rings. The SMILES string of the molecule is Nc1[nH]ncc1-c1ccc2ncoc2c1. The van der Waals surface area contributed by atoms with E-state index >= 15 is 0 Å². The first-order valence-electron chi connectivity index (χ1n) is 4.47. The summed E-state index contributed by atoms with van der Waals surface area (Å²) in [5, 5.41) is 6.56. The second-order valence-electron chi connectivity index (χ2n) is 3.23.